The Balaban J connectivity index is 1.59. The lowest BCUT2D eigenvalue weighted by atomic mass is 10.0. The Kier molecular flexibility index (Phi) is 12.9. The summed E-state index contributed by atoms with van der Waals surface area (Å²) in [6.45, 7) is 8.20. The molecule has 0 radical (unpaired) electrons. The molecular weight excluding hydrogens is 568 g/mol. The highest BCUT2D eigenvalue weighted by Gasteiger charge is 2.30. The number of nitrogens with zero attached hydrogens (tertiary/aromatic N) is 3. The van der Waals surface area contributed by atoms with E-state index in [1.165, 1.54) is 5.56 Å². The third kappa shape index (κ3) is 10.4. The number of likely N-dealkylation sites (N-methyl/N-ethyl adjacent to an activating group) is 1. The second-order valence-corrected chi connectivity index (χ2v) is 12.3. The van der Waals surface area contributed by atoms with Gasteiger partial charge in [0.2, 0.25) is 5.91 Å². The molecule has 2 N–H and O–H groups in total. The van der Waals surface area contributed by atoms with Gasteiger partial charge in [-0.2, -0.15) is 0 Å². The maximum atomic E-state index is 14.3. The summed E-state index contributed by atoms with van der Waals surface area (Å²) in [5.74, 6) is 0.0145. The molecule has 9 heteroatoms. The number of aromatic nitrogens is 1. The van der Waals surface area contributed by atoms with Gasteiger partial charge in [-0.25, -0.2) is 0 Å². The monoisotopic (exact) mass is 616 g/mol. The topological polar surface area (TPSA) is 104 Å². The zero-order valence-electron chi connectivity index (χ0n) is 27.0. The minimum Gasteiger partial charge on any atom is -0.490 e. The van der Waals surface area contributed by atoms with Crippen molar-refractivity contribution in [2.75, 3.05) is 38.7 Å². The summed E-state index contributed by atoms with van der Waals surface area (Å²) in [4.78, 5) is 35.3. The number of carbonyl (C=O) groups excluding carboxylic acids is 2. The number of pyridine rings is 1. The van der Waals surface area contributed by atoms with Crippen LogP contribution >= 0.6 is 0 Å². The summed E-state index contributed by atoms with van der Waals surface area (Å²) in [5, 5.41) is 13.2. The number of fused-ring (bicyclic) bond motifs is 1. The van der Waals surface area contributed by atoms with E-state index in [2.05, 4.69) is 29.2 Å². The number of benzene rings is 2. The minimum absolute atomic E-state index is 0.0252. The van der Waals surface area contributed by atoms with E-state index >= 15 is 0 Å². The van der Waals surface area contributed by atoms with Gasteiger partial charge in [0.05, 0.1) is 36.8 Å². The molecule has 2 amide bonds. The van der Waals surface area contributed by atoms with Crippen LogP contribution in [0.3, 0.4) is 0 Å². The predicted molar refractivity (Wildman–Crippen MR) is 176 cm³/mol. The van der Waals surface area contributed by atoms with Gasteiger partial charge in [0.25, 0.3) is 5.91 Å². The first-order chi connectivity index (χ1) is 21.7. The zero-order valence-corrected chi connectivity index (χ0v) is 27.0. The fourth-order valence-corrected chi connectivity index (χ4v) is 5.62. The molecule has 1 aliphatic rings. The van der Waals surface area contributed by atoms with Gasteiger partial charge in [0.15, 0.2) is 0 Å². The van der Waals surface area contributed by atoms with Gasteiger partial charge >= 0.3 is 0 Å². The lowest BCUT2D eigenvalue weighted by Crippen LogP contribution is -2.47. The Morgan fingerprint density at radius 2 is 1.84 bits per heavy atom. The molecule has 1 aliphatic heterocycles. The van der Waals surface area contributed by atoms with E-state index in [0.717, 1.165) is 31.4 Å². The highest BCUT2D eigenvalue weighted by molar-refractivity contribution is 6.00. The molecule has 2 aromatic carbocycles. The van der Waals surface area contributed by atoms with Gasteiger partial charge in [-0.3, -0.25) is 19.5 Å². The minimum atomic E-state index is -0.440. The van der Waals surface area contributed by atoms with Gasteiger partial charge in [0.1, 0.15) is 5.75 Å². The summed E-state index contributed by atoms with van der Waals surface area (Å²) < 4.78 is 12.8. The Bertz CT molecular complexity index is 1360. The van der Waals surface area contributed by atoms with Crippen LogP contribution in [-0.4, -0.2) is 83.3 Å². The molecule has 0 saturated heterocycles. The summed E-state index contributed by atoms with van der Waals surface area (Å²) in [6, 6.07) is 18.3. The highest BCUT2D eigenvalue weighted by Crippen LogP contribution is 2.28. The number of carbonyl (C=O) groups is 2. The second-order valence-electron chi connectivity index (χ2n) is 12.3. The molecule has 4 rings (SSSR count). The van der Waals surface area contributed by atoms with E-state index in [1.807, 2.05) is 56.3 Å². The van der Waals surface area contributed by atoms with E-state index < -0.39 is 6.04 Å². The van der Waals surface area contributed by atoms with Crippen molar-refractivity contribution < 1.29 is 24.2 Å². The lowest BCUT2D eigenvalue weighted by molar-refractivity contribution is -0.115. The van der Waals surface area contributed by atoms with Gasteiger partial charge in [-0.1, -0.05) is 37.3 Å². The largest absolute Gasteiger partial charge is 0.490 e. The van der Waals surface area contributed by atoms with Crippen molar-refractivity contribution in [2.45, 2.75) is 71.2 Å². The number of nitrogens with one attached hydrogen (secondary N) is 1. The number of hydrogen-bond acceptors (Lipinski definition) is 7. The molecule has 0 aliphatic carbocycles. The van der Waals surface area contributed by atoms with Crippen molar-refractivity contribution in [3.8, 4) is 5.75 Å². The number of rotatable bonds is 9. The number of aliphatic hydroxyl groups excluding tert-OH is 1. The van der Waals surface area contributed by atoms with Crippen molar-refractivity contribution in [3.63, 3.8) is 0 Å². The van der Waals surface area contributed by atoms with Crippen LogP contribution in [0.1, 0.15) is 61.5 Å². The van der Waals surface area contributed by atoms with Crippen LogP contribution in [0.25, 0.3) is 0 Å². The Morgan fingerprint density at radius 3 is 2.58 bits per heavy atom. The SMILES string of the molecule is C[C@@H]1CN([C@@H](C)CO)C(=O)c2cc(NC(=O)Cc3ccccc3)ccc2O[C@@H](C)CCCCO[C@H]1CN(C)Cc1ccncc1. The molecule has 0 unspecified atom stereocenters. The third-order valence-corrected chi connectivity index (χ3v) is 8.24. The lowest BCUT2D eigenvalue weighted by Gasteiger charge is -2.36. The van der Waals surface area contributed by atoms with Crippen LogP contribution in [-0.2, 0) is 22.5 Å². The average molecular weight is 617 g/mol. The van der Waals surface area contributed by atoms with Gasteiger partial charge in [0, 0.05) is 50.2 Å². The molecule has 0 saturated carbocycles. The van der Waals surface area contributed by atoms with Crippen LogP contribution in [0.15, 0.2) is 73.1 Å². The first kappa shape index (κ1) is 34.1. The van der Waals surface area contributed by atoms with Gasteiger partial charge < -0.3 is 24.8 Å². The standard InChI is InChI=1S/C36H48N4O5/c1-26-22-40(27(2)25-41)36(43)32-21-31(38-35(42)20-29-11-6-5-7-12-29)13-14-33(32)45-28(3)10-8-9-19-44-34(26)24-39(4)23-30-15-17-37-18-16-30/h5-7,11-18,21,26-28,34,41H,8-10,19-20,22-25H2,1-4H3,(H,38,42)/t26-,27+,28+,34+/m1/s1. The Morgan fingerprint density at radius 1 is 1.09 bits per heavy atom. The summed E-state index contributed by atoms with van der Waals surface area (Å²) in [6.07, 6.45) is 6.21. The average Bonchev–Trinajstić information content (AvgIpc) is 3.03. The number of hydrogen-bond donors (Lipinski definition) is 2. The maximum Gasteiger partial charge on any atom is 0.258 e. The number of ether oxygens (including phenoxy) is 2. The van der Waals surface area contributed by atoms with Crippen LogP contribution in [0.5, 0.6) is 5.75 Å². The van der Waals surface area contributed by atoms with E-state index in [-0.39, 0.29) is 43.0 Å². The summed E-state index contributed by atoms with van der Waals surface area (Å²) in [7, 11) is 2.07. The van der Waals surface area contributed by atoms with E-state index in [4.69, 9.17) is 9.47 Å². The predicted octanol–water partition coefficient (Wildman–Crippen LogP) is 5.19. The van der Waals surface area contributed by atoms with Gasteiger partial charge in [-0.15, -0.1) is 0 Å². The molecule has 2 heterocycles. The van der Waals surface area contributed by atoms with Crippen molar-refractivity contribution in [1.29, 1.82) is 0 Å². The molecule has 0 bridgehead atoms. The molecule has 0 spiro atoms. The van der Waals surface area contributed by atoms with Crippen molar-refractivity contribution in [2.24, 2.45) is 5.92 Å². The van der Waals surface area contributed by atoms with Crippen LogP contribution < -0.4 is 10.1 Å². The van der Waals surface area contributed by atoms with Crippen molar-refractivity contribution >= 4 is 17.5 Å². The van der Waals surface area contributed by atoms with Crippen LogP contribution in [0, 0.1) is 5.92 Å². The maximum absolute atomic E-state index is 14.3. The highest BCUT2D eigenvalue weighted by atomic mass is 16.5. The Hall–Kier alpha value is -3.79. The Labute approximate surface area is 267 Å². The molecule has 45 heavy (non-hydrogen) atoms. The van der Waals surface area contributed by atoms with E-state index in [9.17, 15) is 14.7 Å². The molecule has 242 valence electrons. The molecule has 4 atom stereocenters. The molecule has 9 nitrogen and oxygen atoms in total. The summed E-state index contributed by atoms with van der Waals surface area (Å²) >= 11 is 0. The number of amides is 2. The van der Waals surface area contributed by atoms with E-state index in [0.29, 0.717) is 36.7 Å². The molecule has 0 fully saturated rings. The second kappa shape index (κ2) is 17.1. The smallest absolute Gasteiger partial charge is 0.258 e. The normalized spacial score (nSPS) is 20.5. The van der Waals surface area contributed by atoms with E-state index in [1.54, 1.807) is 35.5 Å². The van der Waals surface area contributed by atoms with Crippen LogP contribution in [0.4, 0.5) is 5.69 Å². The first-order valence-corrected chi connectivity index (χ1v) is 16.0. The van der Waals surface area contributed by atoms with Crippen LogP contribution in [0.2, 0.25) is 0 Å². The fourth-order valence-electron chi connectivity index (χ4n) is 5.62. The fraction of sp³-hybridized carbons (Fsp3) is 0.472. The first-order valence-electron chi connectivity index (χ1n) is 16.0. The molecular formula is C36H48N4O5. The summed E-state index contributed by atoms with van der Waals surface area (Å²) in [5.41, 5.74) is 2.95. The zero-order chi connectivity index (χ0) is 32.2. The third-order valence-electron chi connectivity index (χ3n) is 8.24. The molecule has 3 aromatic rings. The van der Waals surface area contributed by atoms with Crippen molar-refractivity contribution in [1.82, 2.24) is 14.8 Å². The number of aliphatic hydroxyl groups is 1. The number of anilines is 1. The van der Waals surface area contributed by atoms with Crippen molar-refractivity contribution in [3.05, 3.63) is 89.7 Å². The molecule has 1 aromatic heterocycles. The van der Waals surface area contributed by atoms with Gasteiger partial charge in [-0.05, 0) is 81.6 Å². The quantitative estimate of drug-likeness (QED) is 0.341.